The Kier molecular flexibility index (Phi) is 13.6. The summed E-state index contributed by atoms with van der Waals surface area (Å²) in [5.74, 6) is -5.48. The van der Waals surface area contributed by atoms with Crippen LogP contribution in [0.4, 0.5) is 0 Å². The van der Waals surface area contributed by atoms with Crippen LogP contribution in [-0.4, -0.2) is 130 Å². The van der Waals surface area contributed by atoms with E-state index < -0.39 is 121 Å². The van der Waals surface area contributed by atoms with Gasteiger partial charge in [-0.05, 0) is 0 Å². The normalized spacial score (nSPS) is 31.6. The van der Waals surface area contributed by atoms with E-state index in [0.29, 0.717) is 6.26 Å². The highest BCUT2D eigenvalue weighted by molar-refractivity contribution is 7.85. The second-order valence-corrected chi connectivity index (χ2v) is 11.5. The van der Waals surface area contributed by atoms with Gasteiger partial charge in [-0.15, -0.1) is 0 Å². The van der Waals surface area contributed by atoms with E-state index in [2.05, 4.69) is 0 Å². The molecule has 2 saturated heterocycles. The van der Waals surface area contributed by atoms with Gasteiger partial charge in [-0.2, -0.15) is 8.42 Å². The molecule has 45 heavy (non-hydrogen) atoms. The zero-order chi connectivity index (χ0) is 34.2. The predicted molar refractivity (Wildman–Crippen MR) is 140 cm³/mol. The number of carbonyl (C=O) groups excluding carboxylic acids is 6. The van der Waals surface area contributed by atoms with Gasteiger partial charge >= 0.3 is 35.8 Å². The van der Waals surface area contributed by atoms with Crippen LogP contribution in [0.15, 0.2) is 0 Å². The summed E-state index contributed by atoms with van der Waals surface area (Å²) < 4.78 is 77.2. The maximum Gasteiger partial charge on any atom is 0.303 e. The van der Waals surface area contributed by atoms with Crippen molar-refractivity contribution in [3.05, 3.63) is 0 Å². The molecule has 0 amide bonds. The third-order valence-corrected chi connectivity index (χ3v) is 6.46. The zero-order valence-electron chi connectivity index (χ0n) is 25.4. The van der Waals surface area contributed by atoms with Crippen LogP contribution in [0.5, 0.6) is 0 Å². The van der Waals surface area contributed by atoms with Crippen molar-refractivity contribution in [3.63, 3.8) is 0 Å². The highest BCUT2D eigenvalue weighted by Crippen LogP contribution is 2.35. The predicted octanol–water partition coefficient (Wildman–Crippen LogP) is -1.99. The van der Waals surface area contributed by atoms with E-state index in [1.807, 2.05) is 0 Å². The standard InChI is InChI=1S/C25H36O19S/c1-10(26)35-8-16-18(37-11(2)27)21(39-13(4)29)23(41-15(6)31)25(43-16)44-19-17(9-36-45(7,33)34)42-24(32)22(40-14(5)30)20(19)38-12(3)28/h16-25,32H,8-9H2,1-7H3/t16-,17-,18-,19-,20+,21+,22-,23-,24-,25-/m1/s1. The van der Waals surface area contributed by atoms with Crippen molar-refractivity contribution >= 4 is 45.9 Å². The Hall–Kier alpha value is -3.43. The molecule has 19 nitrogen and oxygen atoms in total. The third kappa shape index (κ3) is 11.8. The minimum atomic E-state index is -4.13. The molecule has 0 aliphatic carbocycles. The fourth-order valence-electron chi connectivity index (χ4n) is 4.48. The largest absolute Gasteiger partial charge is 0.463 e. The fourth-order valence-corrected chi connectivity index (χ4v) is 4.86. The van der Waals surface area contributed by atoms with Gasteiger partial charge in [0.05, 0.1) is 12.9 Å². The lowest BCUT2D eigenvalue weighted by Crippen LogP contribution is -2.67. The van der Waals surface area contributed by atoms with E-state index in [-0.39, 0.29) is 0 Å². The quantitative estimate of drug-likeness (QED) is 0.134. The summed E-state index contributed by atoms with van der Waals surface area (Å²) in [5.41, 5.74) is 0. The van der Waals surface area contributed by atoms with Crippen LogP contribution in [0.1, 0.15) is 41.5 Å². The molecular weight excluding hydrogens is 636 g/mol. The van der Waals surface area contributed by atoms with Crippen LogP contribution in [-0.2, 0) is 85.7 Å². The molecule has 20 heteroatoms. The van der Waals surface area contributed by atoms with Crippen molar-refractivity contribution in [1.82, 2.24) is 0 Å². The molecule has 2 heterocycles. The highest BCUT2D eigenvalue weighted by atomic mass is 32.2. The summed E-state index contributed by atoms with van der Waals surface area (Å²) in [7, 11) is -4.13. The molecule has 2 rings (SSSR count). The smallest absolute Gasteiger partial charge is 0.303 e. The summed E-state index contributed by atoms with van der Waals surface area (Å²) in [5, 5.41) is 10.6. The first-order valence-electron chi connectivity index (χ1n) is 13.3. The summed E-state index contributed by atoms with van der Waals surface area (Å²) in [6.07, 6.45) is -16.4. The van der Waals surface area contributed by atoms with Gasteiger partial charge in [-0.3, -0.25) is 33.0 Å². The summed E-state index contributed by atoms with van der Waals surface area (Å²) >= 11 is 0. The highest BCUT2D eigenvalue weighted by Gasteiger charge is 2.57. The first-order chi connectivity index (χ1) is 20.8. The lowest BCUT2D eigenvalue weighted by Gasteiger charge is -2.48. The van der Waals surface area contributed by atoms with Gasteiger partial charge in [0.25, 0.3) is 10.1 Å². The van der Waals surface area contributed by atoms with E-state index in [0.717, 1.165) is 41.5 Å². The first kappa shape index (κ1) is 37.8. The number of ether oxygens (including phenoxy) is 9. The molecule has 1 N–H and O–H groups in total. The van der Waals surface area contributed by atoms with Crippen LogP contribution in [0.25, 0.3) is 0 Å². The molecule has 0 bridgehead atoms. The van der Waals surface area contributed by atoms with Gasteiger partial charge in [-0.1, -0.05) is 0 Å². The number of aliphatic hydroxyl groups is 1. The molecule has 0 spiro atoms. The molecule has 0 unspecified atom stereocenters. The zero-order valence-corrected chi connectivity index (χ0v) is 26.2. The van der Waals surface area contributed by atoms with Crippen molar-refractivity contribution in [2.75, 3.05) is 19.5 Å². The van der Waals surface area contributed by atoms with E-state index >= 15 is 0 Å². The average molecular weight is 673 g/mol. The van der Waals surface area contributed by atoms with E-state index in [9.17, 15) is 42.3 Å². The van der Waals surface area contributed by atoms with Crippen molar-refractivity contribution in [2.45, 2.75) is 103 Å². The van der Waals surface area contributed by atoms with Crippen molar-refractivity contribution in [3.8, 4) is 0 Å². The SMILES string of the molecule is CC(=O)OC[C@H]1O[C@H](O[C@H]2[C@H](OC(C)=O)[C@@H](OC(C)=O)[C@H](O)O[C@@H]2COS(C)(=O)=O)[C@H](OC(C)=O)[C@@H](OC(C)=O)[C@@H]1OC(C)=O. The van der Waals surface area contributed by atoms with Crippen LogP contribution in [0, 0.1) is 0 Å². The van der Waals surface area contributed by atoms with Crippen molar-refractivity contribution in [2.24, 2.45) is 0 Å². The molecule has 0 aromatic heterocycles. The lowest BCUT2D eigenvalue weighted by molar-refractivity contribution is -0.356. The van der Waals surface area contributed by atoms with Gasteiger partial charge in [-0.25, -0.2) is 0 Å². The summed E-state index contributed by atoms with van der Waals surface area (Å²) in [4.78, 5) is 71.9. The maximum atomic E-state index is 12.2. The van der Waals surface area contributed by atoms with Crippen LogP contribution in [0.2, 0.25) is 0 Å². The minimum absolute atomic E-state index is 0.609. The van der Waals surface area contributed by atoms with Gasteiger partial charge in [0.1, 0.15) is 24.9 Å². The van der Waals surface area contributed by atoms with E-state index in [4.69, 9.17) is 46.8 Å². The summed E-state index contributed by atoms with van der Waals surface area (Å²) in [6, 6.07) is 0. The van der Waals surface area contributed by atoms with Crippen LogP contribution in [0.3, 0.4) is 0 Å². The van der Waals surface area contributed by atoms with Crippen LogP contribution >= 0.6 is 0 Å². The molecule has 2 aliphatic rings. The fraction of sp³-hybridized carbons (Fsp3) is 0.760. The van der Waals surface area contributed by atoms with Gasteiger partial charge in [0.2, 0.25) is 0 Å². The molecule has 256 valence electrons. The maximum absolute atomic E-state index is 12.2. The molecule has 2 aliphatic heterocycles. The number of hydrogen-bond donors (Lipinski definition) is 1. The molecule has 0 radical (unpaired) electrons. The Morgan fingerprint density at radius 3 is 1.47 bits per heavy atom. The van der Waals surface area contributed by atoms with E-state index in [1.54, 1.807) is 0 Å². The Morgan fingerprint density at radius 1 is 0.578 bits per heavy atom. The van der Waals surface area contributed by atoms with Gasteiger partial charge in [0, 0.05) is 41.5 Å². The number of aliphatic hydroxyl groups excluding tert-OH is 1. The molecule has 0 saturated carbocycles. The second-order valence-electron chi connectivity index (χ2n) is 9.87. The third-order valence-electron chi connectivity index (χ3n) is 5.90. The Bertz CT molecular complexity index is 1220. The Labute approximate surface area is 257 Å². The Morgan fingerprint density at radius 2 is 1.00 bits per heavy atom. The molecule has 0 aromatic carbocycles. The van der Waals surface area contributed by atoms with Crippen molar-refractivity contribution < 1.29 is 89.1 Å². The monoisotopic (exact) mass is 672 g/mol. The lowest BCUT2D eigenvalue weighted by atomic mass is 9.96. The number of hydrogen-bond acceptors (Lipinski definition) is 19. The average Bonchev–Trinajstić information content (AvgIpc) is 2.87. The first-order valence-corrected chi connectivity index (χ1v) is 15.1. The van der Waals surface area contributed by atoms with Crippen molar-refractivity contribution in [1.29, 1.82) is 0 Å². The van der Waals surface area contributed by atoms with Gasteiger partial charge in [0.15, 0.2) is 43.1 Å². The molecule has 2 fully saturated rings. The second kappa shape index (κ2) is 16.2. The Balaban J connectivity index is 2.69. The summed E-state index contributed by atoms with van der Waals surface area (Å²) in [6.45, 7) is 4.56. The molecule has 10 atom stereocenters. The van der Waals surface area contributed by atoms with E-state index in [1.165, 1.54) is 0 Å². The number of rotatable bonds is 12. The minimum Gasteiger partial charge on any atom is -0.463 e. The molecular formula is C25H36O19S. The van der Waals surface area contributed by atoms with Crippen LogP contribution < -0.4 is 0 Å². The van der Waals surface area contributed by atoms with Gasteiger partial charge < -0.3 is 47.7 Å². The number of esters is 6. The number of carbonyl (C=O) groups is 6. The molecule has 0 aromatic rings. The topological polar surface area (TPSA) is 249 Å².